The van der Waals surface area contributed by atoms with Crippen molar-refractivity contribution in [1.82, 2.24) is 9.97 Å². The first-order valence-electron chi connectivity index (χ1n) is 11.2. The number of benzene rings is 2. The molecule has 1 N–H and O–H groups in total. The van der Waals surface area contributed by atoms with E-state index in [0.717, 1.165) is 11.4 Å². The lowest BCUT2D eigenvalue weighted by molar-refractivity contribution is -0.383. The van der Waals surface area contributed by atoms with Crippen LogP contribution in [0.1, 0.15) is 19.8 Å². The molecule has 4 rings (SSSR count). The second-order valence-corrected chi connectivity index (χ2v) is 7.81. The number of esters is 1. The topological polar surface area (TPSA) is 114 Å². The summed E-state index contributed by atoms with van der Waals surface area (Å²) < 4.78 is 5.17. The van der Waals surface area contributed by atoms with Crippen LogP contribution in [-0.4, -0.2) is 40.6 Å². The number of nitro groups is 1. The molecule has 10 nitrogen and oxygen atoms in total. The SMILES string of the molecule is CCOC(=O)C1CCCN(c2ncnc(NN(c3ccccc3)c3ccccc3)c2[N+](=O)[O-])C1. The van der Waals surface area contributed by atoms with Gasteiger partial charge in [-0.3, -0.25) is 25.3 Å². The Bertz CT molecular complexity index is 1090. The van der Waals surface area contributed by atoms with Gasteiger partial charge in [0.05, 0.1) is 28.8 Å². The lowest BCUT2D eigenvalue weighted by Gasteiger charge is -2.32. The fraction of sp³-hybridized carbons (Fsp3) is 0.292. The molecule has 1 atom stereocenters. The molecule has 2 heterocycles. The maximum Gasteiger partial charge on any atom is 0.355 e. The zero-order chi connectivity index (χ0) is 23.9. The molecule has 1 aliphatic rings. The summed E-state index contributed by atoms with van der Waals surface area (Å²) in [5.74, 6) is -0.412. The number of hydrogen-bond donors (Lipinski definition) is 1. The van der Waals surface area contributed by atoms with Gasteiger partial charge in [-0.05, 0) is 44.0 Å². The van der Waals surface area contributed by atoms with Crippen molar-refractivity contribution in [3.8, 4) is 0 Å². The molecule has 0 bridgehead atoms. The van der Waals surface area contributed by atoms with Gasteiger partial charge in [0.15, 0.2) is 0 Å². The van der Waals surface area contributed by atoms with Crippen molar-refractivity contribution in [1.29, 1.82) is 0 Å². The van der Waals surface area contributed by atoms with Gasteiger partial charge >= 0.3 is 11.7 Å². The van der Waals surface area contributed by atoms with E-state index in [4.69, 9.17) is 4.74 Å². The number of nitrogens with one attached hydrogen (secondary N) is 1. The van der Waals surface area contributed by atoms with Crippen LogP contribution in [0.25, 0.3) is 0 Å². The van der Waals surface area contributed by atoms with Crippen LogP contribution in [0.15, 0.2) is 67.0 Å². The van der Waals surface area contributed by atoms with Crippen LogP contribution in [0.2, 0.25) is 0 Å². The van der Waals surface area contributed by atoms with E-state index in [-0.39, 0.29) is 29.2 Å². The van der Waals surface area contributed by atoms with Crippen LogP contribution < -0.4 is 15.3 Å². The third-order valence-electron chi connectivity index (χ3n) is 5.57. The standard InChI is InChI=1S/C24H26N6O4/c1-2-34-24(31)18-10-9-15-28(16-18)23-21(30(32)33)22(25-17-26-23)27-29(19-11-5-3-6-12-19)20-13-7-4-8-14-20/h3-8,11-14,17-18H,2,9-10,15-16H2,1H3,(H,25,26,27). The Hall–Kier alpha value is -4.21. The van der Waals surface area contributed by atoms with Gasteiger partial charge in [0.2, 0.25) is 11.6 Å². The quantitative estimate of drug-likeness (QED) is 0.297. The van der Waals surface area contributed by atoms with Gasteiger partial charge in [0.1, 0.15) is 6.33 Å². The molecular formula is C24H26N6O4. The third kappa shape index (κ3) is 5.06. The maximum atomic E-state index is 12.3. The average Bonchev–Trinajstić information content (AvgIpc) is 2.88. The van der Waals surface area contributed by atoms with Crippen molar-refractivity contribution < 1.29 is 14.5 Å². The van der Waals surface area contributed by atoms with Gasteiger partial charge < -0.3 is 9.64 Å². The molecule has 176 valence electrons. The molecule has 1 unspecified atom stereocenters. The van der Waals surface area contributed by atoms with Crippen molar-refractivity contribution in [3.05, 3.63) is 77.1 Å². The van der Waals surface area contributed by atoms with Crippen LogP contribution in [0, 0.1) is 16.0 Å². The number of para-hydroxylation sites is 2. The Morgan fingerprint density at radius 2 is 1.79 bits per heavy atom. The zero-order valence-corrected chi connectivity index (χ0v) is 18.8. The minimum absolute atomic E-state index is 0.0564. The summed E-state index contributed by atoms with van der Waals surface area (Å²) in [6.45, 7) is 2.91. The first kappa shape index (κ1) is 23.0. The van der Waals surface area contributed by atoms with Gasteiger partial charge in [0.25, 0.3) is 0 Å². The summed E-state index contributed by atoms with van der Waals surface area (Å²) in [6, 6.07) is 18.9. The monoisotopic (exact) mass is 462 g/mol. The van der Waals surface area contributed by atoms with Gasteiger partial charge in [0, 0.05) is 13.1 Å². The predicted molar refractivity (Wildman–Crippen MR) is 129 cm³/mol. The third-order valence-corrected chi connectivity index (χ3v) is 5.57. The van der Waals surface area contributed by atoms with Gasteiger partial charge in [-0.15, -0.1) is 0 Å². The van der Waals surface area contributed by atoms with Crippen molar-refractivity contribution in [3.63, 3.8) is 0 Å². The van der Waals surface area contributed by atoms with E-state index in [2.05, 4.69) is 15.4 Å². The summed E-state index contributed by atoms with van der Waals surface area (Å²) in [7, 11) is 0. The fourth-order valence-corrected chi connectivity index (χ4v) is 4.01. The maximum absolute atomic E-state index is 12.3. The van der Waals surface area contributed by atoms with Crippen molar-refractivity contribution in [2.75, 3.05) is 35.0 Å². The minimum atomic E-state index is -0.486. The number of rotatable bonds is 8. The first-order valence-corrected chi connectivity index (χ1v) is 11.2. The lowest BCUT2D eigenvalue weighted by atomic mass is 9.98. The zero-order valence-electron chi connectivity index (χ0n) is 18.8. The first-order chi connectivity index (χ1) is 16.6. The smallest absolute Gasteiger partial charge is 0.355 e. The van der Waals surface area contributed by atoms with Gasteiger partial charge in [-0.25, -0.2) is 9.97 Å². The largest absolute Gasteiger partial charge is 0.466 e. The van der Waals surface area contributed by atoms with Crippen LogP contribution in [-0.2, 0) is 9.53 Å². The number of ether oxygens (including phenoxy) is 1. The van der Waals surface area contributed by atoms with E-state index in [1.54, 1.807) is 16.8 Å². The van der Waals surface area contributed by atoms with E-state index in [0.29, 0.717) is 32.5 Å². The Kier molecular flexibility index (Phi) is 7.16. The Balaban J connectivity index is 1.69. The molecule has 3 aromatic rings. The van der Waals surface area contributed by atoms with Crippen molar-refractivity contribution >= 4 is 34.7 Å². The molecule has 0 aliphatic carbocycles. The number of anilines is 4. The van der Waals surface area contributed by atoms with Crippen LogP contribution >= 0.6 is 0 Å². The minimum Gasteiger partial charge on any atom is -0.466 e. The molecule has 2 aromatic carbocycles. The number of hydrogen-bond acceptors (Lipinski definition) is 9. The molecule has 0 spiro atoms. The highest BCUT2D eigenvalue weighted by atomic mass is 16.6. The van der Waals surface area contributed by atoms with E-state index >= 15 is 0 Å². The predicted octanol–water partition coefficient (Wildman–Crippen LogP) is 4.33. The molecule has 0 saturated carbocycles. The summed E-state index contributed by atoms with van der Waals surface area (Å²) in [5, 5.41) is 13.9. The number of hydrazine groups is 1. The Labute approximate surface area is 197 Å². The second-order valence-electron chi connectivity index (χ2n) is 7.81. The fourth-order valence-electron chi connectivity index (χ4n) is 4.01. The normalized spacial score (nSPS) is 15.4. The Morgan fingerprint density at radius 3 is 2.38 bits per heavy atom. The number of carbonyl (C=O) groups is 1. The highest BCUT2D eigenvalue weighted by molar-refractivity contribution is 5.77. The van der Waals surface area contributed by atoms with E-state index in [1.165, 1.54) is 6.33 Å². The molecule has 10 heteroatoms. The number of piperidine rings is 1. The van der Waals surface area contributed by atoms with Crippen molar-refractivity contribution in [2.24, 2.45) is 5.92 Å². The summed E-state index contributed by atoms with van der Waals surface area (Å²) in [6.07, 6.45) is 2.68. The Morgan fingerprint density at radius 1 is 1.15 bits per heavy atom. The van der Waals surface area contributed by atoms with E-state index in [9.17, 15) is 14.9 Å². The molecule has 0 amide bonds. The van der Waals surface area contributed by atoms with Crippen LogP contribution in [0.5, 0.6) is 0 Å². The number of nitrogens with zero attached hydrogens (tertiary/aromatic N) is 5. The highest BCUT2D eigenvalue weighted by Crippen LogP contribution is 2.36. The number of aromatic nitrogens is 2. The molecule has 34 heavy (non-hydrogen) atoms. The molecule has 0 radical (unpaired) electrons. The lowest BCUT2D eigenvalue weighted by Crippen LogP contribution is -2.40. The molecule has 1 aliphatic heterocycles. The van der Waals surface area contributed by atoms with Crippen LogP contribution in [0.3, 0.4) is 0 Å². The highest BCUT2D eigenvalue weighted by Gasteiger charge is 2.33. The summed E-state index contributed by atoms with van der Waals surface area (Å²) in [5.41, 5.74) is 4.43. The molecule has 1 saturated heterocycles. The van der Waals surface area contributed by atoms with Crippen molar-refractivity contribution in [2.45, 2.75) is 19.8 Å². The molecular weight excluding hydrogens is 436 g/mol. The summed E-state index contributed by atoms with van der Waals surface area (Å²) in [4.78, 5) is 34.2. The van der Waals surface area contributed by atoms with Gasteiger partial charge in [-0.2, -0.15) is 0 Å². The van der Waals surface area contributed by atoms with E-state index < -0.39 is 4.92 Å². The number of carbonyl (C=O) groups excluding carboxylic acids is 1. The van der Waals surface area contributed by atoms with Gasteiger partial charge in [-0.1, -0.05) is 36.4 Å². The average molecular weight is 463 g/mol. The summed E-state index contributed by atoms with van der Waals surface area (Å²) >= 11 is 0. The molecule has 1 fully saturated rings. The van der Waals surface area contributed by atoms with Crippen LogP contribution in [0.4, 0.5) is 28.7 Å². The molecule has 1 aromatic heterocycles. The second kappa shape index (κ2) is 10.6. The van der Waals surface area contributed by atoms with E-state index in [1.807, 2.05) is 60.7 Å².